The molecule has 1 aromatic carbocycles. The molecular formula is C14H16N2O2. The Morgan fingerprint density at radius 2 is 2.28 bits per heavy atom. The smallest absolute Gasteiger partial charge is 0.328 e. The lowest BCUT2D eigenvalue weighted by atomic mass is 10.1. The van der Waals surface area contributed by atoms with E-state index in [0.717, 1.165) is 34.9 Å². The van der Waals surface area contributed by atoms with E-state index >= 15 is 0 Å². The van der Waals surface area contributed by atoms with Gasteiger partial charge in [-0.3, -0.25) is 0 Å². The number of hydrogen-bond donors (Lipinski definition) is 2. The molecule has 0 unspecified atom stereocenters. The van der Waals surface area contributed by atoms with Crippen LogP contribution >= 0.6 is 0 Å². The van der Waals surface area contributed by atoms with Crippen LogP contribution in [0.3, 0.4) is 0 Å². The number of hydrogen-bond acceptors (Lipinski definition) is 2. The molecule has 0 radical (unpaired) electrons. The van der Waals surface area contributed by atoms with Gasteiger partial charge in [-0.05, 0) is 29.7 Å². The number of rotatable bonds is 4. The van der Waals surface area contributed by atoms with Gasteiger partial charge in [-0.2, -0.15) is 0 Å². The van der Waals surface area contributed by atoms with Gasteiger partial charge in [0.15, 0.2) is 0 Å². The molecule has 0 atom stereocenters. The molecule has 94 valence electrons. The molecule has 1 heterocycles. The molecule has 0 spiro atoms. The van der Waals surface area contributed by atoms with Gasteiger partial charge in [-0.15, -0.1) is 0 Å². The number of carboxylic acids is 1. The topological polar surface area (TPSA) is 66.0 Å². The summed E-state index contributed by atoms with van der Waals surface area (Å²) in [5, 5.41) is 8.58. The second-order valence-corrected chi connectivity index (χ2v) is 4.73. The van der Waals surface area contributed by atoms with Crippen molar-refractivity contribution in [2.45, 2.75) is 20.3 Å². The Hall–Kier alpha value is -2.10. The van der Waals surface area contributed by atoms with Gasteiger partial charge in [0.1, 0.15) is 5.82 Å². The van der Waals surface area contributed by atoms with E-state index in [2.05, 4.69) is 23.8 Å². The summed E-state index contributed by atoms with van der Waals surface area (Å²) in [7, 11) is 0. The minimum Gasteiger partial charge on any atom is -0.478 e. The van der Waals surface area contributed by atoms with E-state index in [1.165, 1.54) is 0 Å². The van der Waals surface area contributed by atoms with Crippen molar-refractivity contribution >= 4 is 23.1 Å². The number of benzene rings is 1. The fourth-order valence-electron chi connectivity index (χ4n) is 1.83. The monoisotopic (exact) mass is 244 g/mol. The Labute approximate surface area is 105 Å². The van der Waals surface area contributed by atoms with E-state index in [-0.39, 0.29) is 0 Å². The van der Waals surface area contributed by atoms with Crippen LogP contribution in [0.2, 0.25) is 0 Å². The molecule has 0 aliphatic heterocycles. The number of nitrogens with one attached hydrogen (secondary N) is 1. The maximum atomic E-state index is 10.5. The minimum absolute atomic E-state index is 0.553. The zero-order chi connectivity index (χ0) is 13.1. The first-order valence-corrected chi connectivity index (χ1v) is 5.94. The fourth-order valence-corrected chi connectivity index (χ4v) is 1.83. The maximum absolute atomic E-state index is 10.5. The maximum Gasteiger partial charge on any atom is 0.328 e. The second-order valence-electron chi connectivity index (χ2n) is 4.73. The first kappa shape index (κ1) is 12.4. The van der Waals surface area contributed by atoms with Gasteiger partial charge in [-0.25, -0.2) is 9.78 Å². The summed E-state index contributed by atoms with van der Waals surface area (Å²) < 4.78 is 0. The molecule has 1 aromatic heterocycles. The standard InChI is InChI=1S/C14H16N2O2/c1-9(2)7-13-15-11-5-3-10(4-6-14(17)18)8-12(11)16-13/h3-6,8-9H,7H2,1-2H3,(H,15,16)(H,17,18)/b6-4+. The summed E-state index contributed by atoms with van der Waals surface area (Å²) in [5.41, 5.74) is 2.71. The zero-order valence-electron chi connectivity index (χ0n) is 10.5. The lowest BCUT2D eigenvalue weighted by Gasteiger charge is -1.98. The van der Waals surface area contributed by atoms with Crippen LogP contribution in [-0.2, 0) is 11.2 Å². The van der Waals surface area contributed by atoms with E-state index in [1.54, 1.807) is 6.08 Å². The molecule has 0 saturated heterocycles. The molecule has 4 nitrogen and oxygen atoms in total. The third kappa shape index (κ3) is 2.97. The van der Waals surface area contributed by atoms with E-state index in [0.29, 0.717) is 5.92 Å². The average molecular weight is 244 g/mol. The highest BCUT2D eigenvalue weighted by molar-refractivity contribution is 5.86. The van der Waals surface area contributed by atoms with Gasteiger partial charge in [0.25, 0.3) is 0 Å². The number of carbonyl (C=O) groups is 1. The van der Waals surface area contributed by atoms with Crippen molar-refractivity contribution in [2.24, 2.45) is 5.92 Å². The second kappa shape index (κ2) is 5.04. The summed E-state index contributed by atoms with van der Waals surface area (Å²) in [6.45, 7) is 4.29. The van der Waals surface area contributed by atoms with Crippen LogP contribution in [0.15, 0.2) is 24.3 Å². The zero-order valence-corrected chi connectivity index (χ0v) is 10.5. The lowest BCUT2D eigenvalue weighted by Crippen LogP contribution is -1.95. The van der Waals surface area contributed by atoms with Gasteiger partial charge < -0.3 is 10.1 Å². The van der Waals surface area contributed by atoms with Crippen LogP contribution in [-0.4, -0.2) is 21.0 Å². The van der Waals surface area contributed by atoms with Crippen molar-refractivity contribution in [3.05, 3.63) is 35.7 Å². The normalized spacial score (nSPS) is 11.7. The first-order valence-electron chi connectivity index (χ1n) is 5.94. The predicted molar refractivity (Wildman–Crippen MR) is 71.3 cm³/mol. The molecule has 4 heteroatoms. The molecular weight excluding hydrogens is 228 g/mol. The number of fused-ring (bicyclic) bond motifs is 1. The fraction of sp³-hybridized carbons (Fsp3) is 0.286. The number of aromatic nitrogens is 2. The largest absolute Gasteiger partial charge is 0.478 e. The van der Waals surface area contributed by atoms with Crippen molar-refractivity contribution < 1.29 is 9.90 Å². The Morgan fingerprint density at radius 3 is 2.94 bits per heavy atom. The summed E-state index contributed by atoms with van der Waals surface area (Å²) in [4.78, 5) is 18.2. The SMILES string of the molecule is CC(C)Cc1nc2ccc(/C=C/C(=O)O)cc2[nH]1. The number of aromatic amines is 1. The molecule has 0 amide bonds. The molecule has 0 aliphatic rings. The van der Waals surface area contributed by atoms with Crippen LogP contribution in [0.5, 0.6) is 0 Å². The summed E-state index contributed by atoms with van der Waals surface area (Å²) in [5.74, 6) is 0.580. The first-order chi connectivity index (χ1) is 8.54. The van der Waals surface area contributed by atoms with E-state index in [1.807, 2.05) is 18.2 Å². The molecule has 2 N–H and O–H groups in total. The molecule has 0 fully saturated rings. The van der Waals surface area contributed by atoms with Gasteiger partial charge in [0.05, 0.1) is 11.0 Å². The Bertz CT molecular complexity index is 597. The van der Waals surface area contributed by atoms with Gasteiger partial charge in [0, 0.05) is 12.5 Å². The predicted octanol–water partition coefficient (Wildman–Crippen LogP) is 2.86. The molecule has 2 aromatic rings. The van der Waals surface area contributed by atoms with E-state index in [4.69, 9.17) is 5.11 Å². The highest BCUT2D eigenvalue weighted by Crippen LogP contribution is 2.16. The van der Waals surface area contributed by atoms with Gasteiger partial charge in [0.2, 0.25) is 0 Å². The van der Waals surface area contributed by atoms with Crippen molar-refractivity contribution in [1.82, 2.24) is 9.97 Å². The molecule has 0 saturated carbocycles. The van der Waals surface area contributed by atoms with Crippen molar-refractivity contribution in [2.75, 3.05) is 0 Å². The Balaban J connectivity index is 2.30. The highest BCUT2D eigenvalue weighted by atomic mass is 16.4. The Morgan fingerprint density at radius 1 is 1.50 bits per heavy atom. The third-order valence-corrected chi connectivity index (χ3v) is 2.57. The molecule has 18 heavy (non-hydrogen) atoms. The van der Waals surface area contributed by atoms with Crippen LogP contribution in [0.1, 0.15) is 25.2 Å². The molecule has 2 rings (SSSR count). The minimum atomic E-state index is -0.944. The highest BCUT2D eigenvalue weighted by Gasteiger charge is 2.05. The number of aliphatic carboxylic acids is 1. The number of imidazole rings is 1. The van der Waals surface area contributed by atoms with E-state index < -0.39 is 5.97 Å². The van der Waals surface area contributed by atoms with Crippen molar-refractivity contribution in [3.63, 3.8) is 0 Å². The molecule has 0 aliphatic carbocycles. The van der Waals surface area contributed by atoms with Crippen molar-refractivity contribution in [1.29, 1.82) is 0 Å². The quantitative estimate of drug-likeness (QED) is 0.813. The van der Waals surface area contributed by atoms with Gasteiger partial charge >= 0.3 is 5.97 Å². The number of H-pyrrole nitrogens is 1. The summed E-state index contributed by atoms with van der Waals surface area (Å²) >= 11 is 0. The molecule has 0 bridgehead atoms. The van der Waals surface area contributed by atoms with Crippen molar-refractivity contribution in [3.8, 4) is 0 Å². The van der Waals surface area contributed by atoms with Crippen LogP contribution in [0.25, 0.3) is 17.1 Å². The average Bonchev–Trinajstić information content (AvgIpc) is 2.66. The van der Waals surface area contributed by atoms with Crippen LogP contribution < -0.4 is 0 Å². The van der Waals surface area contributed by atoms with Crippen LogP contribution in [0.4, 0.5) is 0 Å². The summed E-state index contributed by atoms with van der Waals surface area (Å²) in [6, 6.07) is 5.67. The van der Waals surface area contributed by atoms with Crippen LogP contribution in [0, 0.1) is 5.92 Å². The lowest BCUT2D eigenvalue weighted by molar-refractivity contribution is -0.131. The third-order valence-electron chi connectivity index (χ3n) is 2.57. The number of carboxylic acid groups (broad SMARTS) is 1. The van der Waals surface area contributed by atoms with Gasteiger partial charge in [-0.1, -0.05) is 19.9 Å². The summed E-state index contributed by atoms with van der Waals surface area (Å²) in [6.07, 6.45) is 3.62. The van der Waals surface area contributed by atoms with E-state index in [9.17, 15) is 4.79 Å². The number of nitrogens with zero attached hydrogens (tertiary/aromatic N) is 1. The Kier molecular flexibility index (Phi) is 3.46.